The number of aromatic nitrogens is 2. The first-order valence-corrected chi connectivity index (χ1v) is 12.3. The summed E-state index contributed by atoms with van der Waals surface area (Å²) in [5.74, 6) is 7.17. The Hall–Kier alpha value is -3.85. The molecular weight excluding hydrogens is 495 g/mol. The Balaban J connectivity index is 1.37. The van der Waals surface area contributed by atoms with E-state index in [2.05, 4.69) is 32.0 Å². The van der Waals surface area contributed by atoms with Crippen molar-refractivity contribution in [2.75, 3.05) is 72.4 Å². The van der Waals surface area contributed by atoms with E-state index in [0.717, 1.165) is 39.3 Å². The number of fused-ring (bicyclic) bond motifs is 2. The van der Waals surface area contributed by atoms with Gasteiger partial charge in [-0.1, -0.05) is 11.8 Å². The van der Waals surface area contributed by atoms with Crippen LogP contribution in [0.1, 0.15) is 12.0 Å². The van der Waals surface area contributed by atoms with Gasteiger partial charge < -0.3 is 33.7 Å². The number of anilines is 2. The van der Waals surface area contributed by atoms with Gasteiger partial charge >= 0.3 is 0 Å². The summed E-state index contributed by atoms with van der Waals surface area (Å²) in [6.45, 7) is 5.07. The highest BCUT2D eigenvalue weighted by atomic mass is 19.1. The standard InChI is InChI=1S/C27H29FN4O6/c1-33-9-3-5-18-13-20(28)24(26-25(18)37-17-38-26)31-27-19-14-22(34-2)23(15-21(19)29-16-30-27)36-10-4-6-32-7-11-35-12-8-32/h13-16H,4,6-12,17H2,1-2H3,(H,29,30,31). The van der Waals surface area contributed by atoms with Gasteiger partial charge in [-0.2, -0.15) is 0 Å². The van der Waals surface area contributed by atoms with Gasteiger partial charge in [0.2, 0.25) is 6.79 Å². The maximum absolute atomic E-state index is 15.2. The van der Waals surface area contributed by atoms with E-state index < -0.39 is 5.82 Å². The fraction of sp³-hybridized carbons (Fsp3) is 0.407. The summed E-state index contributed by atoms with van der Waals surface area (Å²) in [5, 5.41) is 3.68. The molecule has 1 saturated heterocycles. The Kier molecular flexibility index (Phi) is 8.23. The summed E-state index contributed by atoms with van der Waals surface area (Å²) in [4.78, 5) is 11.1. The van der Waals surface area contributed by atoms with Crippen LogP contribution in [0.5, 0.6) is 23.0 Å². The first-order valence-electron chi connectivity index (χ1n) is 12.3. The largest absolute Gasteiger partial charge is 0.493 e. The molecule has 38 heavy (non-hydrogen) atoms. The van der Waals surface area contributed by atoms with Crippen molar-refractivity contribution in [2.24, 2.45) is 0 Å². The third kappa shape index (κ3) is 5.67. The number of halogens is 1. The molecule has 2 aliphatic rings. The molecule has 0 unspecified atom stereocenters. The summed E-state index contributed by atoms with van der Waals surface area (Å²) in [6, 6.07) is 4.87. The third-order valence-corrected chi connectivity index (χ3v) is 6.18. The zero-order valence-corrected chi connectivity index (χ0v) is 21.3. The lowest BCUT2D eigenvalue weighted by Crippen LogP contribution is -2.37. The van der Waals surface area contributed by atoms with Gasteiger partial charge in [-0.05, 0) is 18.6 Å². The van der Waals surface area contributed by atoms with Gasteiger partial charge in [0.1, 0.15) is 24.4 Å². The zero-order valence-electron chi connectivity index (χ0n) is 21.3. The average molecular weight is 525 g/mol. The lowest BCUT2D eigenvalue weighted by atomic mass is 10.1. The van der Waals surface area contributed by atoms with Crippen molar-refractivity contribution in [1.82, 2.24) is 14.9 Å². The number of morpholine rings is 1. The number of benzene rings is 2. The molecule has 1 N–H and O–H groups in total. The summed E-state index contributed by atoms with van der Waals surface area (Å²) in [7, 11) is 3.11. The fourth-order valence-corrected chi connectivity index (χ4v) is 4.30. The number of hydrogen-bond acceptors (Lipinski definition) is 10. The van der Waals surface area contributed by atoms with E-state index in [-0.39, 0.29) is 24.8 Å². The molecular formula is C27H29FN4O6. The molecule has 5 rings (SSSR count). The summed E-state index contributed by atoms with van der Waals surface area (Å²) in [6.07, 6.45) is 2.27. The Morgan fingerprint density at radius 2 is 1.92 bits per heavy atom. The molecule has 200 valence electrons. The predicted octanol–water partition coefficient (Wildman–Crippen LogP) is 3.35. The molecule has 0 saturated carbocycles. The fourth-order valence-electron chi connectivity index (χ4n) is 4.30. The molecule has 0 spiro atoms. The van der Waals surface area contributed by atoms with Gasteiger partial charge in [-0.15, -0.1) is 0 Å². The van der Waals surface area contributed by atoms with Crippen LogP contribution in [-0.2, 0) is 9.47 Å². The van der Waals surface area contributed by atoms with E-state index in [4.69, 9.17) is 28.4 Å². The van der Waals surface area contributed by atoms with Crippen molar-refractivity contribution >= 4 is 22.4 Å². The van der Waals surface area contributed by atoms with Gasteiger partial charge in [0.05, 0.1) is 38.0 Å². The van der Waals surface area contributed by atoms with Crippen molar-refractivity contribution in [3.63, 3.8) is 0 Å². The van der Waals surface area contributed by atoms with Crippen LogP contribution in [0, 0.1) is 17.7 Å². The minimum atomic E-state index is -0.560. The van der Waals surface area contributed by atoms with Crippen LogP contribution >= 0.6 is 0 Å². The highest BCUT2D eigenvalue weighted by molar-refractivity contribution is 5.94. The van der Waals surface area contributed by atoms with Crippen LogP contribution in [0.25, 0.3) is 10.9 Å². The molecule has 10 nitrogen and oxygen atoms in total. The summed E-state index contributed by atoms with van der Waals surface area (Å²) in [5.41, 5.74) is 1.09. The van der Waals surface area contributed by atoms with Gasteiger partial charge in [0.15, 0.2) is 28.8 Å². The van der Waals surface area contributed by atoms with Gasteiger partial charge in [-0.3, -0.25) is 4.90 Å². The Morgan fingerprint density at radius 3 is 2.74 bits per heavy atom. The second kappa shape index (κ2) is 12.1. The van der Waals surface area contributed by atoms with E-state index in [1.807, 2.05) is 0 Å². The van der Waals surface area contributed by atoms with Crippen LogP contribution in [0.2, 0.25) is 0 Å². The SMILES string of the molecule is COCC#Cc1cc(F)c(Nc2ncnc3cc(OCCCN4CCOCC4)c(OC)cc23)c2c1OCO2. The first kappa shape index (κ1) is 25.8. The first-order chi connectivity index (χ1) is 18.7. The molecule has 1 aromatic heterocycles. The number of methoxy groups -OCH3 is 2. The Morgan fingerprint density at radius 1 is 1.08 bits per heavy atom. The minimum absolute atomic E-state index is 0.0446. The molecule has 1 fully saturated rings. The van der Waals surface area contributed by atoms with Crippen molar-refractivity contribution < 1.29 is 32.8 Å². The number of nitrogens with zero attached hydrogens (tertiary/aromatic N) is 3. The smallest absolute Gasteiger partial charge is 0.231 e. The van der Waals surface area contributed by atoms with Gasteiger partial charge in [0, 0.05) is 38.2 Å². The number of rotatable bonds is 9. The van der Waals surface area contributed by atoms with Crippen molar-refractivity contribution in [3.05, 3.63) is 35.9 Å². The van der Waals surface area contributed by atoms with Crippen LogP contribution in [0.4, 0.5) is 15.9 Å². The molecule has 0 radical (unpaired) electrons. The van der Waals surface area contributed by atoms with Crippen molar-refractivity contribution in [3.8, 4) is 34.8 Å². The normalized spacial score (nSPS) is 14.7. The molecule has 0 amide bonds. The summed E-state index contributed by atoms with van der Waals surface area (Å²) < 4.78 is 48.3. The highest BCUT2D eigenvalue weighted by Gasteiger charge is 2.26. The van der Waals surface area contributed by atoms with Crippen LogP contribution in [0.3, 0.4) is 0 Å². The molecule has 2 aromatic carbocycles. The predicted molar refractivity (Wildman–Crippen MR) is 138 cm³/mol. The molecule has 3 heterocycles. The van der Waals surface area contributed by atoms with E-state index >= 15 is 4.39 Å². The van der Waals surface area contributed by atoms with Gasteiger partial charge in [-0.25, -0.2) is 14.4 Å². The van der Waals surface area contributed by atoms with Crippen molar-refractivity contribution in [1.29, 1.82) is 0 Å². The molecule has 3 aromatic rings. The Bertz CT molecular complexity index is 1350. The van der Waals surface area contributed by atoms with E-state index in [9.17, 15) is 0 Å². The van der Waals surface area contributed by atoms with E-state index in [1.165, 1.54) is 19.5 Å². The lowest BCUT2D eigenvalue weighted by Gasteiger charge is -2.26. The molecule has 0 bridgehead atoms. The van der Waals surface area contributed by atoms with Crippen LogP contribution in [-0.4, -0.2) is 81.9 Å². The number of ether oxygens (including phenoxy) is 6. The second-order valence-corrected chi connectivity index (χ2v) is 8.60. The maximum Gasteiger partial charge on any atom is 0.231 e. The van der Waals surface area contributed by atoms with Crippen LogP contribution < -0.4 is 24.3 Å². The quantitative estimate of drug-likeness (QED) is 0.332. The Labute approximate surface area is 219 Å². The molecule has 11 heteroatoms. The monoisotopic (exact) mass is 524 g/mol. The molecule has 2 aliphatic heterocycles. The van der Waals surface area contributed by atoms with E-state index in [0.29, 0.717) is 46.1 Å². The second-order valence-electron chi connectivity index (χ2n) is 8.60. The maximum atomic E-state index is 15.2. The van der Waals surface area contributed by atoms with Crippen LogP contribution in [0.15, 0.2) is 24.5 Å². The topological polar surface area (TPSA) is 96.4 Å². The van der Waals surface area contributed by atoms with Crippen molar-refractivity contribution in [2.45, 2.75) is 6.42 Å². The zero-order chi connectivity index (χ0) is 26.3. The molecule has 0 aliphatic carbocycles. The number of nitrogens with one attached hydrogen (secondary N) is 1. The lowest BCUT2D eigenvalue weighted by molar-refractivity contribution is 0.0357. The average Bonchev–Trinajstić information content (AvgIpc) is 3.43. The summed E-state index contributed by atoms with van der Waals surface area (Å²) >= 11 is 0. The van der Waals surface area contributed by atoms with Gasteiger partial charge in [0.25, 0.3) is 0 Å². The number of hydrogen-bond donors (Lipinski definition) is 1. The molecule has 0 atom stereocenters. The van der Waals surface area contributed by atoms with E-state index in [1.54, 1.807) is 19.2 Å². The third-order valence-electron chi connectivity index (χ3n) is 6.18. The minimum Gasteiger partial charge on any atom is -0.493 e. The highest BCUT2D eigenvalue weighted by Crippen LogP contribution is 2.45.